The van der Waals surface area contributed by atoms with Crippen molar-refractivity contribution in [3.63, 3.8) is 0 Å². The minimum Gasteiger partial charge on any atom is -0.456 e. The van der Waals surface area contributed by atoms with E-state index in [-0.39, 0.29) is 25.5 Å². The number of hydrogen-bond acceptors (Lipinski definition) is 5. The lowest BCUT2D eigenvalue weighted by atomic mass is 10.1. The first-order chi connectivity index (χ1) is 10.9. The monoisotopic (exact) mass is 338 g/mol. The van der Waals surface area contributed by atoms with Gasteiger partial charge in [0.25, 0.3) is 5.91 Å². The van der Waals surface area contributed by atoms with Crippen LogP contribution in [-0.4, -0.2) is 43.7 Å². The van der Waals surface area contributed by atoms with E-state index in [1.54, 1.807) is 11.8 Å². The first kappa shape index (κ1) is 19.0. The van der Waals surface area contributed by atoms with Crippen LogP contribution < -0.4 is 10.6 Å². The molecule has 0 aliphatic heterocycles. The standard InChI is InChI=1S/C16H22N2O4S/c1-11-4-5-13(8-12(11)2)23-7-6-16(21)22-10-15(20)18-9-14(19)17-3/h4-5,8H,6-7,9-10H2,1-3H3,(H,17,19)(H,18,20). The molecule has 1 rings (SSSR count). The highest BCUT2D eigenvalue weighted by atomic mass is 32.2. The van der Waals surface area contributed by atoms with E-state index < -0.39 is 11.9 Å². The van der Waals surface area contributed by atoms with Gasteiger partial charge in [-0.2, -0.15) is 0 Å². The van der Waals surface area contributed by atoms with Gasteiger partial charge in [0.1, 0.15) is 0 Å². The number of benzene rings is 1. The normalized spacial score (nSPS) is 10.0. The maximum Gasteiger partial charge on any atom is 0.307 e. The topological polar surface area (TPSA) is 84.5 Å². The summed E-state index contributed by atoms with van der Waals surface area (Å²) in [7, 11) is 1.47. The molecule has 0 saturated carbocycles. The summed E-state index contributed by atoms with van der Waals surface area (Å²) >= 11 is 1.57. The number of hydrogen-bond donors (Lipinski definition) is 2. The Balaban J connectivity index is 2.20. The van der Waals surface area contributed by atoms with Gasteiger partial charge in [0, 0.05) is 17.7 Å². The van der Waals surface area contributed by atoms with Crippen molar-refractivity contribution in [3.05, 3.63) is 29.3 Å². The van der Waals surface area contributed by atoms with Gasteiger partial charge in [-0.25, -0.2) is 0 Å². The van der Waals surface area contributed by atoms with Gasteiger partial charge in [0.2, 0.25) is 5.91 Å². The minimum atomic E-state index is -0.497. The van der Waals surface area contributed by atoms with Gasteiger partial charge in [0.15, 0.2) is 6.61 Å². The van der Waals surface area contributed by atoms with Gasteiger partial charge in [-0.3, -0.25) is 14.4 Å². The summed E-state index contributed by atoms with van der Waals surface area (Å²) in [6, 6.07) is 6.15. The summed E-state index contributed by atoms with van der Waals surface area (Å²) in [5, 5.41) is 4.72. The lowest BCUT2D eigenvalue weighted by Gasteiger charge is -2.07. The van der Waals surface area contributed by atoms with Crippen molar-refractivity contribution in [2.24, 2.45) is 0 Å². The zero-order chi connectivity index (χ0) is 17.2. The fraction of sp³-hybridized carbons (Fsp3) is 0.438. The number of likely N-dealkylation sites (N-methyl/N-ethyl adjacent to an activating group) is 1. The van der Waals surface area contributed by atoms with Crippen LogP contribution in [0.2, 0.25) is 0 Å². The first-order valence-corrected chi connectivity index (χ1v) is 8.24. The van der Waals surface area contributed by atoms with Gasteiger partial charge in [-0.05, 0) is 37.1 Å². The first-order valence-electron chi connectivity index (χ1n) is 7.25. The van der Waals surface area contributed by atoms with Crippen LogP contribution in [0.5, 0.6) is 0 Å². The Bertz CT molecular complexity index is 575. The van der Waals surface area contributed by atoms with E-state index >= 15 is 0 Å². The van der Waals surface area contributed by atoms with Crippen LogP contribution in [0.3, 0.4) is 0 Å². The predicted octanol–water partition coefficient (Wildman–Crippen LogP) is 1.19. The molecule has 0 atom stereocenters. The Morgan fingerprint density at radius 2 is 1.87 bits per heavy atom. The third-order valence-corrected chi connectivity index (χ3v) is 4.14. The highest BCUT2D eigenvalue weighted by Crippen LogP contribution is 2.21. The minimum absolute atomic E-state index is 0.129. The van der Waals surface area contributed by atoms with Crippen molar-refractivity contribution in [2.45, 2.75) is 25.2 Å². The maximum atomic E-state index is 11.6. The third-order valence-electron chi connectivity index (χ3n) is 3.14. The van der Waals surface area contributed by atoms with Crippen LogP contribution in [0.25, 0.3) is 0 Å². The predicted molar refractivity (Wildman–Crippen MR) is 89.3 cm³/mol. The van der Waals surface area contributed by atoms with Crippen LogP contribution in [0.15, 0.2) is 23.1 Å². The van der Waals surface area contributed by atoms with Crippen LogP contribution in [0.4, 0.5) is 0 Å². The highest BCUT2D eigenvalue weighted by Gasteiger charge is 2.09. The Kier molecular flexibility index (Phi) is 8.18. The average molecular weight is 338 g/mol. The van der Waals surface area contributed by atoms with Gasteiger partial charge >= 0.3 is 5.97 Å². The molecule has 0 bridgehead atoms. The van der Waals surface area contributed by atoms with E-state index in [2.05, 4.69) is 23.6 Å². The molecular weight excluding hydrogens is 316 g/mol. The number of nitrogens with one attached hydrogen (secondary N) is 2. The summed E-state index contributed by atoms with van der Waals surface area (Å²) in [6.07, 6.45) is 0.223. The Morgan fingerprint density at radius 1 is 1.13 bits per heavy atom. The quantitative estimate of drug-likeness (QED) is 0.549. The van der Waals surface area contributed by atoms with Crippen molar-refractivity contribution >= 4 is 29.5 Å². The largest absolute Gasteiger partial charge is 0.456 e. The van der Waals surface area contributed by atoms with E-state index in [1.807, 2.05) is 19.1 Å². The van der Waals surface area contributed by atoms with E-state index in [1.165, 1.54) is 18.2 Å². The smallest absolute Gasteiger partial charge is 0.307 e. The number of thioether (sulfide) groups is 1. The Labute approximate surface area is 140 Å². The average Bonchev–Trinajstić information content (AvgIpc) is 2.53. The zero-order valence-corrected chi connectivity index (χ0v) is 14.4. The van der Waals surface area contributed by atoms with Crippen molar-refractivity contribution in [3.8, 4) is 0 Å². The second-order valence-corrected chi connectivity index (χ2v) is 6.12. The number of carbonyl (C=O) groups excluding carboxylic acids is 3. The zero-order valence-electron chi connectivity index (χ0n) is 13.6. The molecular formula is C16H22N2O4S. The number of carbonyl (C=O) groups is 3. The Morgan fingerprint density at radius 3 is 2.52 bits per heavy atom. The molecule has 0 saturated heterocycles. The second-order valence-electron chi connectivity index (χ2n) is 4.96. The van der Waals surface area contributed by atoms with Crippen LogP contribution in [0, 0.1) is 13.8 Å². The van der Waals surface area contributed by atoms with Crippen molar-refractivity contribution in [1.82, 2.24) is 10.6 Å². The van der Waals surface area contributed by atoms with Crippen molar-refractivity contribution < 1.29 is 19.1 Å². The van der Waals surface area contributed by atoms with Crippen LogP contribution in [0.1, 0.15) is 17.5 Å². The molecule has 0 spiro atoms. The molecule has 2 amide bonds. The fourth-order valence-electron chi connectivity index (χ4n) is 1.59. The highest BCUT2D eigenvalue weighted by molar-refractivity contribution is 7.99. The number of ether oxygens (including phenoxy) is 1. The Hall–Kier alpha value is -2.02. The number of aryl methyl sites for hydroxylation is 2. The maximum absolute atomic E-state index is 11.6. The van der Waals surface area contributed by atoms with Gasteiger partial charge in [-0.15, -0.1) is 11.8 Å². The van der Waals surface area contributed by atoms with E-state index in [0.29, 0.717) is 5.75 Å². The molecule has 0 fully saturated rings. The third kappa shape index (κ3) is 7.69. The lowest BCUT2D eigenvalue weighted by molar-refractivity contribution is -0.148. The molecule has 0 aliphatic rings. The van der Waals surface area contributed by atoms with E-state index in [0.717, 1.165) is 4.90 Å². The van der Waals surface area contributed by atoms with Gasteiger partial charge in [-0.1, -0.05) is 6.07 Å². The molecule has 0 unspecified atom stereocenters. The summed E-state index contributed by atoms with van der Waals surface area (Å²) < 4.78 is 4.85. The van der Waals surface area contributed by atoms with Crippen LogP contribution >= 0.6 is 11.8 Å². The number of esters is 1. The molecule has 6 nitrogen and oxygen atoms in total. The molecule has 2 N–H and O–H groups in total. The SMILES string of the molecule is CNC(=O)CNC(=O)COC(=O)CCSc1ccc(C)c(C)c1. The fourth-order valence-corrected chi connectivity index (χ4v) is 2.52. The molecule has 1 aromatic rings. The summed E-state index contributed by atoms with van der Waals surface area (Å²) in [5.41, 5.74) is 2.45. The molecule has 0 aliphatic carbocycles. The summed E-state index contributed by atoms with van der Waals surface area (Å²) in [4.78, 5) is 35.0. The van der Waals surface area contributed by atoms with Crippen molar-refractivity contribution in [2.75, 3.05) is 26.0 Å². The van der Waals surface area contributed by atoms with Gasteiger partial charge in [0.05, 0.1) is 13.0 Å². The summed E-state index contributed by atoms with van der Waals surface area (Å²) in [5.74, 6) is -0.657. The van der Waals surface area contributed by atoms with Gasteiger partial charge < -0.3 is 15.4 Å². The van der Waals surface area contributed by atoms with Crippen molar-refractivity contribution in [1.29, 1.82) is 0 Å². The molecule has 0 aromatic heterocycles. The number of amides is 2. The summed E-state index contributed by atoms with van der Waals surface area (Å²) in [6.45, 7) is 3.60. The van der Waals surface area contributed by atoms with E-state index in [4.69, 9.17) is 4.74 Å². The lowest BCUT2D eigenvalue weighted by Crippen LogP contribution is -2.37. The number of rotatable bonds is 8. The molecule has 23 heavy (non-hydrogen) atoms. The molecule has 1 aromatic carbocycles. The molecule has 0 radical (unpaired) electrons. The van der Waals surface area contributed by atoms with E-state index in [9.17, 15) is 14.4 Å². The molecule has 0 heterocycles. The molecule has 126 valence electrons. The van der Waals surface area contributed by atoms with Crippen LogP contribution in [-0.2, 0) is 19.1 Å². The molecule has 7 heteroatoms. The second kappa shape index (κ2) is 9.89.